The highest BCUT2D eigenvalue weighted by atomic mass is 16.3. The summed E-state index contributed by atoms with van der Waals surface area (Å²) in [5.74, 6) is 0. The number of fused-ring (bicyclic) bond motifs is 2. The van der Waals surface area contributed by atoms with Crippen molar-refractivity contribution in [3.63, 3.8) is 0 Å². The van der Waals surface area contributed by atoms with E-state index < -0.39 is 0 Å². The number of hydrogen-bond acceptors (Lipinski definition) is 2. The van der Waals surface area contributed by atoms with Crippen molar-refractivity contribution in [1.29, 1.82) is 0 Å². The highest BCUT2D eigenvalue weighted by Crippen LogP contribution is 2.43. The van der Waals surface area contributed by atoms with Crippen molar-refractivity contribution in [2.75, 3.05) is 4.90 Å². The third kappa shape index (κ3) is 3.14. The normalized spacial score (nSPS) is 11.1. The van der Waals surface area contributed by atoms with Crippen LogP contribution in [-0.4, -0.2) is 5.11 Å². The number of benzene rings is 5. The lowest BCUT2D eigenvalue weighted by Crippen LogP contribution is -2.11. The average molecular weight is 375 g/mol. The summed E-state index contributed by atoms with van der Waals surface area (Å²) in [5.41, 5.74) is 4.17. The van der Waals surface area contributed by atoms with E-state index in [9.17, 15) is 5.11 Å². The maximum atomic E-state index is 9.71. The number of hydrogen-bond donors (Lipinski definition) is 1. The zero-order chi connectivity index (χ0) is 19.6. The Labute approximate surface area is 170 Å². The van der Waals surface area contributed by atoms with Gasteiger partial charge in [0.15, 0.2) is 0 Å². The zero-order valence-corrected chi connectivity index (χ0v) is 16.0. The number of anilines is 3. The third-order valence-electron chi connectivity index (χ3n) is 5.33. The second kappa shape index (κ2) is 7.42. The summed E-state index contributed by atoms with van der Waals surface area (Å²) in [4.78, 5) is 2.30. The second-order valence-corrected chi connectivity index (χ2v) is 7.17. The van der Waals surface area contributed by atoms with E-state index >= 15 is 0 Å². The maximum Gasteiger partial charge on any atom is 0.0682 e. The molecule has 5 rings (SSSR count). The van der Waals surface area contributed by atoms with Crippen molar-refractivity contribution in [2.45, 2.75) is 6.61 Å². The Morgan fingerprint density at radius 1 is 0.552 bits per heavy atom. The molecule has 0 saturated carbocycles. The topological polar surface area (TPSA) is 23.5 Å². The lowest BCUT2D eigenvalue weighted by Gasteiger charge is -2.28. The summed E-state index contributed by atoms with van der Waals surface area (Å²) in [6.45, 7) is 0.0206. The molecule has 0 amide bonds. The summed E-state index contributed by atoms with van der Waals surface area (Å²) in [6, 6.07) is 37.8. The molecule has 1 N–H and O–H groups in total. The molecule has 0 spiro atoms. The van der Waals surface area contributed by atoms with E-state index in [1.54, 1.807) is 0 Å². The lowest BCUT2D eigenvalue weighted by molar-refractivity contribution is 0.282. The molecule has 0 bridgehead atoms. The molecule has 0 radical (unpaired) electrons. The van der Waals surface area contributed by atoms with Crippen molar-refractivity contribution >= 4 is 38.6 Å². The second-order valence-electron chi connectivity index (χ2n) is 7.17. The SMILES string of the molecule is OCc1cccc(N(c2ccccc2)c2c3ccccc3cc3ccccc23)c1. The highest BCUT2D eigenvalue weighted by Gasteiger charge is 2.18. The van der Waals surface area contributed by atoms with E-state index in [4.69, 9.17) is 0 Å². The molecule has 0 aromatic heterocycles. The van der Waals surface area contributed by atoms with E-state index in [2.05, 4.69) is 95.9 Å². The van der Waals surface area contributed by atoms with Gasteiger partial charge < -0.3 is 10.0 Å². The first kappa shape index (κ1) is 17.5. The van der Waals surface area contributed by atoms with E-state index in [0.717, 1.165) is 22.6 Å². The van der Waals surface area contributed by atoms with Crippen LogP contribution in [0.5, 0.6) is 0 Å². The van der Waals surface area contributed by atoms with Crippen LogP contribution in [0.25, 0.3) is 21.5 Å². The first-order valence-corrected chi connectivity index (χ1v) is 9.80. The molecule has 140 valence electrons. The highest BCUT2D eigenvalue weighted by molar-refractivity contribution is 6.14. The summed E-state index contributed by atoms with van der Waals surface area (Å²) in [5, 5.41) is 14.5. The molecular weight excluding hydrogens is 354 g/mol. The third-order valence-corrected chi connectivity index (χ3v) is 5.33. The largest absolute Gasteiger partial charge is 0.392 e. The maximum absolute atomic E-state index is 9.71. The molecule has 0 atom stereocenters. The van der Waals surface area contributed by atoms with Crippen molar-refractivity contribution in [1.82, 2.24) is 0 Å². The number of aliphatic hydroxyl groups excluding tert-OH is 1. The molecule has 0 saturated heterocycles. The Morgan fingerprint density at radius 3 is 1.79 bits per heavy atom. The van der Waals surface area contributed by atoms with E-state index in [0.29, 0.717) is 0 Å². The average Bonchev–Trinajstić information content (AvgIpc) is 2.80. The van der Waals surface area contributed by atoms with Gasteiger partial charge in [0.2, 0.25) is 0 Å². The van der Waals surface area contributed by atoms with Crippen molar-refractivity contribution < 1.29 is 5.11 Å². The van der Waals surface area contributed by atoms with Gasteiger partial charge in [-0.25, -0.2) is 0 Å². The van der Waals surface area contributed by atoms with Crippen LogP contribution in [0, 0.1) is 0 Å². The Bertz CT molecular complexity index is 1240. The summed E-state index contributed by atoms with van der Waals surface area (Å²) < 4.78 is 0. The van der Waals surface area contributed by atoms with Gasteiger partial charge in [0, 0.05) is 22.1 Å². The lowest BCUT2D eigenvalue weighted by atomic mass is 9.99. The molecular formula is C27H21NO. The number of nitrogens with zero attached hydrogens (tertiary/aromatic N) is 1. The van der Waals surface area contributed by atoms with Crippen molar-refractivity contribution in [3.8, 4) is 0 Å². The fraction of sp³-hybridized carbons (Fsp3) is 0.0370. The van der Waals surface area contributed by atoms with Crippen LogP contribution in [0.15, 0.2) is 109 Å². The van der Waals surface area contributed by atoms with Gasteiger partial charge in [-0.3, -0.25) is 0 Å². The summed E-state index contributed by atoms with van der Waals surface area (Å²) in [6.07, 6.45) is 0. The van der Waals surface area contributed by atoms with Crippen LogP contribution in [-0.2, 0) is 6.61 Å². The standard InChI is InChI=1S/C27H21NO/c29-19-20-9-8-14-24(17-20)28(23-12-2-1-3-13-23)27-25-15-6-4-10-21(25)18-22-11-5-7-16-26(22)27/h1-18,29H,19H2. The summed E-state index contributed by atoms with van der Waals surface area (Å²) >= 11 is 0. The predicted octanol–water partition coefficient (Wildman–Crippen LogP) is 6.96. The molecule has 0 aliphatic rings. The van der Waals surface area contributed by atoms with Crippen molar-refractivity contribution in [2.24, 2.45) is 0 Å². The van der Waals surface area contributed by atoms with Gasteiger partial charge in [-0.2, -0.15) is 0 Å². The molecule has 0 heterocycles. The van der Waals surface area contributed by atoms with Gasteiger partial charge in [-0.1, -0.05) is 78.9 Å². The minimum absolute atomic E-state index is 0.0206. The Kier molecular flexibility index (Phi) is 4.47. The van der Waals surface area contributed by atoms with Gasteiger partial charge in [-0.05, 0) is 46.7 Å². The van der Waals surface area contributed by atoms with Crippen LogP contribution < -0.4 is 4.90 Å². The van der Waals surface area contributed by atoms with Gasteiger partial charge in [-0.15, -0.1) is 0 Å². The van der Waals surface area contributed by atoms with Crippen LogP contribution in [0.4, 0.5) is 17.1 Å². The molecule has 2 heteroatoms. The van der Waals surface area contributed by atoms with Gasteiger partial charge in [0.25, 0.3) is 0 Å². The quantitative estimate of drug-likeness (QED) is 0.343. The van der Waals surface area contributed by atoms with Crippen LogP contribution in [0.3, 0.4) is 0 Å². The van der Waals surface area contributed by atoms with Crippen LogP contribution >= 0.6 is 0 Å². The minimum Gasteiger partial charge on any atom is -0.392 e. The summed E-state index contributed by atoms with van der Waals surface area (Å²) in [7, 11) is 0. The molecule has 0 aliphatic heterocycles. The molecule has 0 aliphatic carbocycles. The van der Waals surface area contributed by atoms with Crippen LogP contribution in [0.2, 0.25) is 0 Å². The van der Waals surface area contributed by atoms with E-state index in [-0.39, 0.29) is 6.61 Å². The fourth-order valence-corrected chi connectivity index (χ4v) is 4.01. The molecule has 29 heavy (non-hydrogen) atoms. The Hall–Kier alpha value is -3.62. The molecule has 0 fully saturated rings. The number of para-hydroxylation sites is 1. The number of rotatable bonds is 4. The van der Waals surface area contributed by atoms with E-state index in [1.807, 2.05) is 18.2 Å². The smallest absolute Gasteiger partial charge is 0.0682 e. The Morgan fingerprint density at radius 2 is 1.14 bits per heavy atom. The van der Waals surface area contributed by atoms with Crippen molar-refractivity contribution in [3.05, 3.63) is 115 Å². The van der Waals surface area contributed by atoms with E-state index in [1.165, 1.54) is 21.5 Å². The first-order valence-electron chi connectivity index (χ1n) is 9.80. The zero-order valence-electron chi connectivity index (χ0n) is 16.0. The molecule has 5 aromatic carbocycles. The predicted molar refractivity (Wildman–Crippen MR) is 122 cm³/mol. The van der Waals surface area contributed by atoms with Gasteiger partial charge in [0.05, 0.1) is 12.3 Å². The monoisotopic (exact) mass is 375 g/mol. The molecule has 5 aromatic rings. The molecule has 0 unspecified atom stereocenters. The van der Waals surface area contributed by atoms with Crippen LogP contribution in [0.1, 0.15) is 5.56 Å². The number of aliphatic hydroxyl groups is 1. The minimum atomic E-state index is 0.0206. The molecule has 2 nitrogen and oxygen atoms in total. The fourth-order valence-electron chi connectivity index (χ4n) is 4.01. The first-order chi connectivity index (χ1) is 14.3. The Balaban J connectivity index is 1.90. The van der Waals surface area contributed by atoms with Gasteiger partial charge in [0.1, 0.15) is 0 Å². The van der Waals surface area contributed by atoms with Gasteiger partial charge >= 0.3 is 0 Å².